The van der Waals surface area contributed by atoms with E-state index in [2.05, 4.69) is 11.9 Å². The Bertz CT molecular complexity index is 431. The van der Waals surface area contributed by atoms with Gasteiger partial charge >= 0.3 is 0 Å². The third kappa shape index (κ3) is 3.47. The predicted molar refractivity (Wildman–Crippen MR) is 78.9 cm³/mol. The van der Waals surface area contributed by atoms with Crippen LogP contribution in [0.2, 0.25) is 0 Å². The van der Waals surface area contributed by atoms with Crippen molar-refractivity contribution >= 4 is 5.69 Å². The molecular formula is C16H26N2O. The smallest absolute Gasteiger partial charge is 0.0895 e. The van der Waals surface area contributed by atoms with E-state index in [-0.39, 0.29) is 0 Å². The summed E-state index contributed by atoms with van der Waals surface area (Å²) in [5.41, 5.74) is 10.00. The first-order chi connectivity index (χ1) is 9.11. The Balaban J connectivity index is 1.93. The van der Waals surface area contributed by atoms with Crippen LogP contribution in [0.1, 0.15) is 55.8 Å². The van der Waals surface area contributed by atoms with Crippen molar-refractivity contribution < 1.29 is 4.74 Å². The second-order valence-electron chi connectivity index (χ2n) is 5.80. The van der Waals surface area contributed by atoms with Crippen LogP contribution in [0.3, 0.4) is 0 Å². The fourth-order valence-corrected chi connectivity index (χ4v) is 2.90. The number of pyridine rings is 1. The van der Waals surface area contributed by atoms with Gasteiger partial charge in [0.1, 0.15) is 0 Å². The van der Waals surface area contributed by atoms with Gasteiger partial charge in [-0.05, 0) is 43.7 Å². The topological polar surface area (TPSA) is 48.1 Å². The molecule has 2 N–H and O–H groups in total. The molecule has 1 aromatic rings. The maximum atomic E-state index is 6.06. The van der Waals surface area contributed by atoms with Gasteiger partial charge < -0.3 is 10.5 Å². The van der Waals surface area contributed by atoms with Crippen molar-refractivity contribution in [2.24, 2.45) is 5.92 Å². The van der Waals surface area contributed by atoms with Gasteiger partial charge in [0.15, 0.2) is 0 Å². The van der Waals surface area contributed by atoms with E-state index in [0.717, 1.165) is 28.4 Å². The molecule has 1 heterocycles. The summed E-state index contributed by atoms with van der Waals surface area (Å²) >= 11 is 0. The number of anilines is 1. The number of ether oxygens (including phenoxy) is 1. The van der Waals surface area contributed by atoms with Crippen LogP contribution in [-0.2, 0) is 11.3 Å². The van der Waals surface area contributed by atoms with E-state index in [1.807, 2.05) is 20.0 Å². The summed E-state index contributed by atoms with van der Waals surface area (Å²) in [6, 6.07) is 0. The molecule has 3 heteroatoms. The minimum absolute atomic E-state index is 0.405. The van der Waals surface area contributed by atoms with E-state index in [4.69, 9.17) is 10.5 Å². The van der Waals surface area contributed by atoms with E-state index in [0.29, 0.717) is 12.7 Å². The van der Waals surface area contributed by atoms with Gasteiger partial charge in [-0.25, -0.2) is 0 Å². The molecule has 2 unspecified atom stereocenters. The van der Waals surface area contributed by atoms with Crippen LogP contribution in [-0.4, -0.2) is 11.1 Å². The van der Waals surface area contributed by atoms with Gasteiger partial charge in [-0.1, -0.05) is 26.2 Å². The highest BCUT2D eigenvalue weighted by Gasteiger charge is 2.21. The zero-order chi connectivity index (χ0) is 13.8. The van der Waals surface area contributed by atoms with Crippen LogP contribution in [0.15, 0.2) is 6.20 Å². The molecule has 106 valence electrons. The summed E-state index contributed by atoms with van der Waals surface area (Å²) < 4.78 is 6.06. The van der Waals surface area contributed by atoms with E-state index < -0.39 is 0 Å². The molecule has 0 bridgehead atoms. The first-order valence-corrected chi connectivity index (χ1v) is 7.44. The fraction of sp³-hybridized carbons (Fsp3) is 0.688. The van der Waals surface area contributed by atoms with Gasteiger partial charge in [0.2, 0.25) is 0 Å². The van der Waals surface area contributed by atoms with Gasteiger partial charge in [0.25, 0.3) is 0 Å². The van der Waals surface area contributed by atoms with Crippen LogP contribution in [0.4, 0.5) is 5.69 Å². The second-order valence-corrected chi connectivity index (χ2v) is 5.80. The number of nitrogens with two attached hydrogens (primary N) is 1. The summed E-state index contributed by atoms with van der Waals surface area (Å²) in [7, 11) is 0. The standard InChI is InChI=1S/C16H26N2O/c1-4-13-6-5-7-14(8-13)19-10-15-12(3)16(17)11(2)9-18-15/h9,13-14H,4-8,10H2,1-3H3,(H2,17,18). The van der Waals surface area contributed by atoms with Gasteiger partial charge in [-0.2, -0.15) is 0 Å². The second kappa shape index (κ2) is 6.38. The average Bonchev–Trinajstić information content (AvgIpc) is 2.44. The third-order valence-corrected chi connectivity index (χ3v) is 4.44. The quantitative estimate of drug-likeness (QED) is 0.898. The molecule has 2 rings (SSSR count). The highest BCUT2D eigenvalue weighted by atomic mass is 16.5. The first-order valence-electron chi connectivity index (χ1n) is 7.44. The van der Waals surface area contributed by atoms with Gasteiger partial charge in [-0.15, -0.1) is 0 Å². The summed E-state index contributed by atoms with van der Waals surface area (Å²) in [5.74, 6) is 0.843. The van der Waals surface area contributed by atoms with E-state index in [1.54, 1.807) is 0 Å². The number of aromatic nitrogens is 1. The summed E-state index contributed by atoms with van der Waals surface area (Å²) in [5, 5.41) is 0. The lowest BCUT2D eigenvalue weighted by Crippen LogP contribution is -2.22. The van der Waals surface area contributed by atoms with Crippen LogP contribution in [0, 0.1) is 19.8 Å². The van der Waals surface area contributed by atoms with Crippen LogP contribution in [0.5, 0.6) is 0 Å². The predicted octanol–water partition coefficient (Wildman–Crippen LogP) is 3.77. The van der Waals surface area contributed by atoms with Crippen LogP contribution < -0.4 is 5.73 Å². The van der Waals surface area contributed by atoms with Gasteiger partial charge in [0.05, 0.1) is 18.4 Å². The van der Waals surface area contributed by atoms with Crippen molar-refractivity contribution in [2.45, 2.75) is 65.6 Å². The number of aryl methyl sites for hydroxylation is 1. The van der Waals surface area contributed by atoms with Crippen LogP contribution in [0.25, 0.3) is 0 Å². The molecule has 1 aliphatic carbocycles. The Labute approximate surface area is 116 Å². The molecule has 0 aromatic carbocycles. The van der Waals surface area contributed by atoms with E-state index in [1.165, 1.54) is 32.1 Å². The normalized spacial score (nSPS) is 23.5. The summed E-state index contributed by atoms with van der Waals surface area (Å²) in [4.78, 5) is 4.46. The summed E-state index contributed by atoms with van der Waals surface area (Å²) in [6.45, 7) is 6.90. The molecule has 1 aliphatic rings. The molecule has 0 aliphatic heterocycles. The van der Waals surface area contributed by atoms with E-state index in [9.17, 15) is 0 Å². The molecule has 0 spiro atoms. The number of hydrogen-bond donors (Lipinski definition) is 1. The van der Waals surface area contributed by atoms with Crippen molar-refractivity contribution in [3.8, 4) is 0 Å². The lowest BCUT2D eigenvalue weighted by molar-refractivity contribution is 0.000156. The summed E-state index contributed by atoms with van der Waals surface area (Å²) in [6.07, 6.45) is 8.58. The molecular weight excluding hydrogens is 236 g/mol. The first kappa shape index (κ1) is 14.3. The molecule has 1 aromatic heterocycles. The molecule has 0 amide bonds. The largest absolute Gasteiger partial charge is 0.398 e. The SMILES string of the molecule is CCC1CCCC(OCc2ncc(C)c(N)c2C)C1. The van der Waals surface area contributed by atoms with Crippen LogP contribution >= 0.6 is 0 Å². The zero-order valence-corrected chi connectivity index (χ0v) is 12.4. The Hall–Kier alpha value is -1.09. The lowest BCUT2D eigenvalue weighted by atomic mass is 9.85. The fourth-order valence-electron chi connectivity index (χ4n) is 2.90. The number of rotatable bonds is 4. The average molecular weight is 262 g/mol. The minimum Gasteiger partial charge on any atom is -0.398 e. The highest BCUT2D eigenvalue weighted by Crippen LogP contribution is 2.29. The number of hydrogen-bond acceptors (Lipinski definition) is 3. The van der Waals surface area contributed by atoms with Gasteiger partial charge in [-0.3, -0.25) is 4.98 Å². The highest BCUT2D eigenvalue weighted by molar-refractivity contribution is 5.53. The molecule has 19 heavy (non-hydrogen) atoms. The Morgan fingerprint density at radius 2 is 2.16 bits per heavy atom. The van der Waals surface area contributed by atoms with Crippen molar-refractivity contribution in [3.05, 3.63) is 23.0 Å². The monoisotopic (exact) mass is 262 g/mol. The van der Waals surface area contributed by atoms with Crippen molar-refractivity contribution in [1.82, 2.24) is 4.98 Å². The zero-order valence-electron chi connectivity index (χ0n) is 12.4. The maximum absolute atomic E-state index is 6.06. The molecule has 3 nitrogen and oxygen atoms in total. The minimum atomic E-state index is 0.405. The Morgan fingerprint density at radius 3 is 2.89 bits per heavy atom. The third-order valence-electron chi connectivity index (χ3n) is 4.44. The Kier molecular flexibility index (Phi) is 4.81. The Morgan fingerprint density at radius 1 is 1.37 bits per heavy atom. The van der Waals surface area contributed by atoms with Crippen molar-refractivity contribution in [1.29, 1.82) is 0 Å². The molecule has 1 saturated carbocycles. The molecule has 1 fully saturated rings. The maximum Gasteiger partial charge on any atom is 0.0895 e. The molecule has 0 saturated heterocycles. The lowest BCUT2D eigenvalue weighted by Gasteiger charge is -2.28. The molecule has 2 atom stereocenters. The van der Waals surface area contributed by atoms with Crippen molar-refractivity contribution in [3.63, 3.8) is 0 Å². The van der Waals surface area contributed by atoms with Gasteiger partial charge in [0, 0.05) is 11.9 Å². The van der Waals surface area contributed by atoms with Crippen molar-refractivity contribution in [2.75, 3.05) is 5.73 Å². The molecule has 0 radical (unpaired) electrons. The number of nitrogens with zero attached hydrogens (tertiary/aromatic N) is 1. The number of nitrogen functional groups attached to an aromatic ring is 1. The van der Waals surface area contributed by atoms with E-state index >= 15 is 0 Å².